The lowest BCUT2D eigenvalue weighted by Crippen LogP contribution is -2.38. The van der Waals surface area contributed by atoms with Crippen LogP contribution in [0.2, 0.25) is 0 Å². The van der Waals surface area contributed by atoms with Gasteiger partial charge in [-0.1, -0.05) is 17.7 Å². The van der Waals surface area contributed by atoms with E-state index in [4.69, 9.17) is 4.74 Å². The Kier molecular flexibility index (Phi) is 7.34. The van der Waals surface area contributed by atoms with E-state index in [1.165, 1.54) is 26.2 Å². The number of aryl methyl sites for hydroxylation is 1. The maximum absolute atomic E-state index is 13.4. The molecule has 0 aromatic heterocycles. The zero-order valence-corrected chi connectivity index (χ0v) is 19.3. The quantitative estimate of drug-likeness (QED) is 0.524. The summed E-state index contributed by atoms with van der Waals surface area (Å²) in [5.41, 5.74) is 2.30. The van der Waals surface area contributed by atoms with Crippen molar-refractivity contribution in [3.05, 3.63) is 78.4 Å². The Morgan fingerprint density at radius 3 is 1.91 bits per heavy atom. The molecule has 172 valence electrons. The molecule has 0 saturated carbocycles. The normalized spacial score (nSPS) is 10.9. The number of rotatable bonds is 8. The van der Waals surface area contributed by atoms with Gasteiger partial charge in [-0.15, -0.1) is 0 Å². The van der Waals surface area contributed by atoms with Gasteiger partial charge in [0.2, 0.25) is 11.8 Å². The molecule has 0 heterocycles. The smallest absolute Gasteiger partial charge is 0.264 e. The number of amides is 2. The van der Waals surface area contributed by atoms with Gasteiger partial charge >= 0.3 is 0 Å². The van der Waals surface area contributed by atoms with E-state index in [1.54, 1.807) is 60.7 Å². The molecule has 33 heavy (non-hydrogen) atoms. The van der Waals surface area contributed by atoms with Crippen molar-refractivity contribution in [1.82, 2.24) is 0 Å². The summed E-state index contributed by atoms with van der Waals surface area (Å²) in [5.74, 6) is -0.160. The predicted octanol–water partition coefficient (Wildman–Crippen LogP) is 3.80. The fourth-order valence-electron chi connectivity index (χ4n) is 3.07. The van der Waals surface area contributed by atoms with E-state index in [2.05, 4.69) is 10.6 Å². The van der Waals surface area contributed by atoms with E-state index < -0.39 is 22.5 Å². The summed E-state index contributed by atoms with van der Waals surface area (Å²) < 4.78 is 33.0. The molecule has 0 unspecified atom stereocenters. The third-order valence-corrected chi connectivity index (χ3v) is 6.53. The summed E-state index contributed by atoms with van der Waals surface area (Å²) in [6.45, 7) is 2.83. The Morgan fingerprint density at radius 2 is 1.39 bits per heavy atom. The van der Waals surface area contributed by atoms with Crippen LogP contribution in [0.3, 0.4) is 0 Å². The molecule has 0 aliphatic carbocycles. The van der Waals surface area contributed by atoms with E-state index >= 15 is 0 Å². The molecule has 9 heteroatoms. The van der Waals surface area contributed by atoms with Crippen LogP contribution < -0.4 is 19.7 Å². The number of nitrogens with zero attached hydrogens (tertiary/aromatic N) is 1. The van der Waals surface area contributed by atoms with Crippen LogP contribution in [-0.2, 0) is 19.6 Å². The fraction of sp³-hybridized carbons (Fsp3) is 0.167. The SMILES string of the molecule is COc1ccc(N(CC(=O)Nc2ccc(NC(C)=O)cc2)S(=O)(=O)c2ccc(C)cc2)cc1. The van der Waals surface area contributed by atoms with Gasteiger partial charge in [-0.2, -0.15) is 0 Å². The first-order valence-electron chi connectivity index (χ1n) is 10.1. The first kappa shape index (κ1) is 23.8. The monoisotopic (exact) mass is 467 g/mol. The van der Waals surface area contributed by atoms with Crippen LogP contribution in [0, 0.1) is 6.92 Å². The summed E-state index contributed by atoms with van der Waals surface area (Å²) in [6, 6.07) is 19.4. The molecule has 0 aliphatic heterocycles. The number of carbonyl (C=O) groups excluding carboxylic acids is 2. The van der Waals surface area contributed by atoms with Gasteiger partial charge in [-0.05, 0) is 67.6 Å². The molecule has 0 radical (unpaired) electrons. The van der Waals surface area contributed by atoms with Gasteiger partial charge in [0.1, 0.15) is 12.3 Å². The molecule has 2 N–H and O–H groups in total. The zero-order chi connectivity index (χ0) is 24.0. The second-order valence-corrected chi connectivity index (χ2v) is 9.19. The maximum Gasteiger partial charge on any atom is 0.264 e. The number of nitrogens with one attached hydrogen (secondary N) is 2. The largest absolute Gasteiger partial charge is 0.497 e. The first-order chi connectivity index (χ1) is 15.7. The van der Waals surface area contributed by atoms with Gasteiger partial charge in [-0.3, -0.25) is 13.9 Å². The van der Waals surface area contributed by atoms with Crippen molar-refractivity contribution < 1.29 is 22.7 Å². The molecule has 0 bridgehead atoms. The molecule has 0 fully saturated rings. The number of carbonyl (C=O) groups is 2. The van der Waals surface area contributed by atoms with Crippen LogP contribution in [0.5, 0.6) is 5.75 Å². The number of anilines is 3. The van der Waals surface area contributed by atoms with E-state index in [-0.39, 0.29) is 10.8 Å². The van der Waals surface area contributed by atoms with Crippen LogP contribution in [0.1, 0.15) is 12.5 Å². The summed E-state index contributed by atoms with van der Waals surface area (Å²) in [6.07, 6.45) is 0. The molecule has 3 aromatic rings. The van der Waals surface area contributed by atoms with Crippen molar-refractivity contribution in [2.24, 2.45) is 0 Å². The molecule has 2 amide bonds. The third kappa shape index (κ3) is 6.11. The number of hydrogen-bond acceptors (Lipinski definition) is 5. The minimum Gasteiger partial charge on any atom is -0.497 e. The lowest BCUT2D eigenvalue weighted by molar-refractivity contribution is -0.115. The number of methoxy groups -OCH3 is 1. The molecular weight excluding hydrogens is 442 g/mol. The maximum atomic E-state index is 13.4. The highest BCUT2D eigenvalue weighted by molar-refractivity contribution is 7.92. The Morgan fingerprint density at radius 1 is 0.848 bits per heavy atom. The highest BCUT2D eigenvalue weighted by atomic mass is 32.2. The molecule has 0 saturated heterocycles. The number of sulfonamides is 1. The molecule has 3 rings (SSSR count). The molecule has 3 aromatic carbocycles. The Labute approximate surface area is 193 Å². The van der Waals surface area contributed by atoms with Crippen molar-refractivity contribution in [2.45, 2.75) is 18.7 Å². The zero-order valence-electron chi connectivity index (χ0n) is 18.5. The predicted molar refractivity (Wildman–Crippen MR) is 128 cm³/mol. The average molecular weight is 468 g/mol. The molecule has 8 nitrogen and oxygen atoms in total. The van der Waals surface area contributed by atoms with Gasteiger partial charge in [0.15, 0.2) is 0 Å². The van der Waals surface area contributed by atoms with E-state index in [0.29, 0.717) is 22.8 Å². The Hall–Kier alpha value is -3.85. The van der Waals surface area contributed by atoms with Crippen LogP contribution in [0.15, 0.2) is 77.7 Å². The molecule has 0 atom stereocenters. The minimum atomic E-state index is -4.01. The van der Waals surface area contributed by atoms with Crippen LogP contribution >= 0.6 is 0 Å². The van der Waals surface area contributed by atoms with E-state index in [1.807, 2.05) is 6.92 Å². The van der Waals surface area contributed by atoms with Crippen LogP contribution in [-0.4, -0.2) is 33.9 Å². The number of hydrogen-bond donors (Lipinski definition) is 2. The first-order valence-corrected chi connectivity index (χ1v) is 11.5. The highest BCUT2D eigenvalue weighted by Crippen LogP contribution is 2.26. The molecule has 0 spiro atoms. The van der Waals surface area contributed by atoms with Crippen molar-refractivity contribution in [3.8, 4) is 5.75 Å². The summed E-state index contributed by atoms with van der Waals surface area (Å²) in [7, 11) is -2.50. The van der Waals surface area contributed by atoms with E-state index in [0.717, 1.165) is 9.87 Å². The standard InChI is InChI=1S/C24H25N3O5S/c1-17-4-14-23(15-5-17)33(30,31)27(21-10-12-22(32-3)13-11-21)16-24(29)26-20-8-6-19(7-9-20)25-18(2)28/h4-15H,16H2,1-3H3,(H,25,28)(H,26,29). The summed E-state index contributed by atoms with van der Waals surface area (Å²) in [5, 5.41) is 5.34. The lowest BCUT2D eigenvalue weighted by atomic mass is 10.2. The van der Waals surface area contributed by atoms with Crippen molar-refractivity contribution in [1.29, 1.82) is 0 Å². The van der Waals surface area contributed by atoms with Gasteiger partial charge < -0.3 is 15.4 Å². The lowest BCUT2D eigenvalue weighted by Gasteiger charge is -2.24. The minimum absolute atomic E-state index is 0.0800. The fourth-order valence-corrected chi connectivity index (χ4v) is 4.49. The topological polar surface area (TPSA) is 105 Å². The molecule has 0 aliphatic rings. The van der Waals surface area contributed by atoms with Gasteiger partial charge in [0.25, 0.3) is 10.0 Å². The third-order valence-electron chi connectivity index (χ3n) is 4.75. The van der Waals surface area contributed by atoms with E-state index in [9.17, 15) is 18.0 Å². The Bertz CT molecular complexity index is 1220. The molecular formula is C24H25N3O5S. The number of benzene rings is 3. The van der Waals surface area contributed by atoms with Gasteiger partial charge in [-0.25, -0.2) is 8.42 Å². The van der Waals surface area contributed by atoms with Crippen molar-refractivity contribution in [3.63, 3.8) is 0 Å². The van der Waals surface area contributed by atoms with Gasteiger partial charge in [0, 0.05) is 18.3 Å². The summed E-state index contributed by atoms with van der Waals surface area (Å²) >= 11 is 0. The van der Waals surface area contributed by atoms with Crippen molar-refractivity contribution in [2.75, 3.05) is 28.6 Å². The summed E-state index contributed by atoms with van der Waals surface area (Å²) in [4.78, 5) is 24.0. The number of ether oxygens (including phenoxy) is 1. The van der Waals surface area contributed by atoms with Crippen LogP contribution in [0.4, 0.5) is 17.1 Å². The van der Waals surface area contributed by atoms with Crippen molar-refractivity contribution >= 4 is 38.9 Å². The second kappa shape index (κ2) is 10.2. The van der Waals surface area contributed by atoms with Crippen LogP contribution in [0.25, 0.3) is 0 Å². The average Bonchev–Trinajstić information content (AvgIpc) is 2.79. The highest BCUT2D eigenvalue weighted by Gasteiger charge is 2.27. The Balaban J connectivity index is 1.86. The second-order valence-electron chi connectivity index (χ2n) is 7.33. The van der Waals surface area contributed by atoms with Gasteiger partial charge in [0.05, 0.1) is 17.7 Å².